The van der Waals surface area contributed by atoms with Crippen molar-refractivity contribution in [2.75, 3.05) is 6.61 Å². The second kappa shape index (κ2) is 7.22. The molecule has 1 heterocycles. The third kappa shape index (κ3) is 3.15. The number of nitrogens with zero attached hydrogens (tertiary/aromatic N) is 1. The quantitative estimate of drug-likeness (QED) is 0.735. The molecule has 4 heteroatoms. The topological polar surface area (TPSA) is 38.8 Å². The SMILES string of the molecule is CCC1(c2ccccc2)C(=O)OCC(C)(C)N1OC(C)c1ccccc1. The van der Waals surface area contributed by atoms with Gasteiger partial charge in [0.15, 0.2) is 5.54 Å². The maximum absolute atomic E-state index is 13.0. The smallest absolute Gasteiger partial charge is 0.333 e. The third-order valence-electron chi connectivity index (χ3n) is 5.09. The maximum atomic E-state index is 13.0. The summed E-state index contributed by atoms with van der Waals surface area (Å²) in [6, 6.07) is 19.8. The predicted octanol–water partition coefficient (Wildman–Crippen LogP) is 4.62. The Labute approximate surface area is 155 Å². The van der Waals surface area contributed by atoms with E-state index in [0.29, 0.717) is 13.0 Å². The molecule has 2 aromatic rings. The van der Waals surface area contributed by atoms with Crippen LogP contribution in [0.2, 0.25) is 0 Å². The van der Waals surface area contributed by atoms with Gasteiger partial charge in [-0.2, -0.15) is 5.06 Å². The molecular formula is C22H27NO3. The van der Waals surface area contributed by atoms with Crippen molar-refractivity contribution >= 4 is 5.97 Å². The summed E-state index contributed by atoms with van der Waals surface area (Å²) in [6.07, 6.45) is 0.372. The summed E-state index contributed by atoms with van der Waals surface area (Å²) >= 11 is 0. The molecule has 0 amide bonds. The number of hydrogen-bond donors (Lipinski definition) is 0. The average Bonchev–Trinajstić information content (AvgIpc) is 2.67. The monoisotopic (exact) mass is 353 g/mol. The first kappa shape index (κ1) is 18.6. The summed E-state index contributed by atoms with van der Waals surface area (Å²) in [7, 11) is 0. The van der Waals surface area contributed by atoms with Crippen LogP contribution in [-0.4, -0.2) is 23.2 Å². The minimum Gasteiger partial charge on any atom is -0.462 e. The first-order valence-corrected chi connectivity index (χ1v) is 9.16. The van der Waals surface area contributed by atoms with Crippen molar-refractivity contribution in [2.24, 2.45) is 0 Å². The molecule has 0 spiro atoms. The van der Waals surface area contributed by atoms with Gasteiger partial charge in [0.05, 0.1) is 5.54 Å². The number of cyclic esters (lactones) is 1. The summed E-state index contributed by atoms with van der Waals surface area (Å²) in [5.74, 6) is -0.259. The zero-order valence-electron chi connectivity index (χ0n) is 15.9. The molecule has 0 aliphatic carbocycles. The van der Waals surface area contributed by atoms with Crippen LogP contribution in [-0.2, 0) is 19.9 Å². The van der Waals surface area contributed by atoms with E-state index in [-0.39, 0.29) is 12.1 Å². The van der Waals surface area contributed by atoms with Crippen molar-refractivity contribution in [2.45, 2.75) is 51.3 Å². The lowest BCUT2D eigenvalue weighted by atomic mass is 9.82. The van der Waals surface area contributed by atoms with E-state index in [1.165, 1.54) is 0 Å². The van der Waals surface area contributed by atoms with Crippen LogP contribution in [0.4, 0.5) is 0 Å². The summed E-state index contributed by atoms with van der Waals surface area (Å²) in [5, 5.41) is 1.87. The Morgan fingerprint density at radius 2 is 1.65 bits per heavy atom. The number of ether oxygens (including phenoxy) is 1. The van der Waals surface area contributed by atoms with E-state index in [1.54, 1.807) is 0 Å². The third-order valence-corrected chi connectivity index (χ3v) is 5.09. The standard InChI is InChI=1S/C22H27NO3/c1-5-22(19-14-10-7-11-15-19)20(24)25-16-21(3,4)23(22)26-17(2)18-12-8-6-9-13-18/h6-15,17H,5,16H2,1-4H3. The molecule has 1 aliphatic rings. The molecule has 4 nitrogen and oxygen atoms in total. The highest BCUT2D eigenvalue weighted by Crippen LogP contribution is 2.43. The Balaban J connectivity index is 2.05. The highest BCUT2D eigenvalue weighted by molar-refractivity contribution is 5.83. The van der Waals surface area contributed by atoms with Gasteiger partial charge in [0, 0.05) is 0 Å². The maximum Gasteiger partial charge on any atom is 0.333 e. The molecule has 0 N–H and O–H groups in total. The Hall–Kier alpha value is -2.17. The number of rotatable bonds is 5. The van der Waals surface area contributed by atoms with Gasteiger partial charge in [-0.1, -0.05) is 67.6 Å². The molecule has 0 radical (unpaired) electrons. The minimum atomic E-state index is -0.966. The van der Waals surface area contributed by atoms with Gasteiger partial charge in [-0.25, -0.2) is 4.79 Å². The molecule has 3 rings (SSSR count). The molecule has 0 bridgehead atoms. The summed E-state index contributed by atoms with van der Waals surface area (Å²) in [6.45, 7) is 8.40. The lowest BCUT2D eigenvalue weighted by molar-refractivity contribution is -0.323. The first-order valence-electron chi connectivity index (χ1n) is 9.16. The van der Waals surface area contributed by atoms with E-state index in [9.17, 15) is 4.79 Å². The molecular weight excluding hydrogens is 326 g/mol. The predicted molar refractivity (Wildman–Crippen MR) is 101 cm³/mol. The van der Waals surface area contributed by atoms with Crippen molar-refractivity contribution in [3.8, 4) is 0 Å². The largest absolute Gasteiger partial charge is 0.462 e. The summed E-state index contributed by atoms with van der Waals surface area (Å²) in [5.41, 5.74) is 0.537. The molecule has 2 unspecified atom stereocenters. The van der Waals surface area contributed by atoms with Crippen molar-refractivity contribution in [1.82, 2.24) is 5.06 Å². The fourth-order valence-electron chi connectivity index (χ4n) is 3.64. The van der Waals surface area contributed by atoms with Gasteiger partial charge < -0.3 is 4.74 Å². The van der Waals surface area contributed by atoms with Crippen LogP contribution in [0, 0.1) is 0 Å². The van der Waals surface area contributed by atoms with E-state index in [0.717, 1.165) is 11.1 Å². The number of esters is 1. The Kier molecular flexibility index (Phi) is 5.17. The molecule has 26 heavy (non-hydrogen) atoms. The van der Waals surface area contributed by atoms with Crippen molar-refractivity contribution in [3.05, 3.63) is 71.8 Å². The van der Waals surface area contributed by atoms with E-state index in [2.05, 4.69) is 0 Å². The highest BCUT2D eigenvalue weighted by Gasteiger charge is 2.56. The van der Waals surface area contributed by atoms with Crippen molar-refractivity contribution in [1.29, 1.82) is 0 Å². The lowest BCUT2D eigenvalue weighted by Gasteiger charge is -2.52. The zero-order chi connectivity index (χ0) is 18.8. The summed E-state index contributed by atoms with van der Waals surface area (Å²) in [4.78, 5) is 19.5. The molecule has 0 saturated carbocycles. The fraction of sp³-hybridized carbons (Fsp3) is 0.409. The van der Waals surface area contributed by atoms with Crippen LogP contribution in [0.15, 0.2) is 60.7 Å². The number of carbonyl (C=O) groups excluding carboxylic acids is 1. The van der Waals surface area contributed by atoms with Gasteiger partial charge in [-0.05, 0) is 38.3 Å². The molecule has 1 aliphatic heterocycles. The van der Waals surface area contributed by atoms with Gasteiger partial charge in [0.2, 0.25) is 0 Å². The van der Waals surface area contributed by atoms with E-state index in [4.69, 9.17) is 9.57 Å². The highest BCUT2D eigenvalue weighted by atomic mass is 16.7. The second-order valence-corrected chi connectivity index (χ2v) is 7.42. The number of carbonyl (C=O) groups is 1. The normalized spacial score (nSPS) is 24.1. The molecule has 0 aromatic heterocycles. The van der Waals surface area contributed by atoms with E-state index >= 15 is 0 Å². The molecule has 138 valence electrons. The Morgan fingerprint density at radius 1 is 1.08 bits per heavy atom. The molecule has 1 fully saturated rings. The number of benzene rings is 2. The van der Waals surface area contributed by atoms with Crippen LogP contribution < -0.4 is 0 Å². The first-order chi connectivity index (χ1) is 12.4. The number of hydroxylamine groups is 2. The summed E-state index contributed by atoms with van der Waals surface area (Å²) < 4.78 is 5.61. The van der Waals surface area contributed by atoms with E-state index < -0.39 is 11.1 Å². The van der Waals surface area contributed by atoms with Crippen molar-refractivity contribution < 1.29 is 14.4 Å². The van der Waals surface area contributed by atoms with Gasteiger partial charge in [-0.3, -0.25) is 4.84 Å². The van der Waals surface area contributed by atoms with Gasteiger partial charge in [0.25, 0.3) is 0 Å². The van der Waals surface area contributed by atoms with Crippen LogP contribution in [0.3, 0.4) is 0 Å². The zero-order valence-corrected chi connectivity index (χ0v) is 15.9. The van der Waals surface area contributed by atoms with Crippen LogP contribution >= 0.6 is 0 Å². The molecule has 1 saturated heterocycles. The van der Waals surface area contributed by atoms with Gasteiger partial charge in [0.1, 0.15) is 12.7 Å². The Morgan fingerprint density at radius 3 is 2.23 bits per heavy atom. The van der Waals surface area contributed by atoms with Crippen LogP contribution in [0.5, 0.6) is 0 Å². The number of morpholine rings is 1. The fourth-order valence-corrected chi connectivity index (χ4v) is 3.64. The van der Waals surface area contributed by atoms with Crippen LogP contribution in [0.25, 0.3) is 0 Å². The minimum absolute atomic E-state index is 0.184. The second-order valence-electron chi connectivity index (χ2n) is 7.42. The van der Waals surface area contributed by atoms with Crippen molar-refractivity contribution in [3.63, 3.8) is 0 Å². The Bertz CT molecular complexity index is 744. The molecule has 2 aromatic carbocycles. The van der Waals surface area contributed by atoms with Crippen LogP contribution in [0.1, 0.15) is 51.3 Å². The van der Waals surface area contributed by atoms with Gasteiger partial charge in [-0.15, -0.1) is 0 Å². The average molecular weight is 353 g/mol. The van der Waals surface area contributed by atoms with Gasteiger partial charge >= 0.3 is 5.97 Å². The molecule has 2 atom stereocenters. The van der Waals surface area contributed by atoms with E-state index in [1.807, 2.05) is 93.4 Å². The number of hydrogen-bond acceptors (Lipinski definition) is 4. The lowest BCUT2D eigenvalue weighted by Crippen LogP contribution is -2.66.